The van der Waals surface area contributed by atoms with Gasteiger partial charge in [-0.3, -0.25) is 4.79 Å². The molecule has 0 bridgehead atoms. The predicted octanol–water partition coefficient (Wildman–Crippen LogP) is 3.20. The van der Waals surface area contributed by atoms with E-state index in [4.69, 9.17) is 0 Å². The lowest BCUT2D eigenvalue weighted by atomic mass is 10.2. The SMILES string of the molecule is CCCCNc1nc(-c2cccn(CC)c2=O)cs1. The van der Waals surface area contributed by atoms with Crippen molar-refractivity contribution in [2.75, 3.05) is 11.9 Å². The number of hydrogen-bond donors (Lipinski definition) is 1. The van der Waals surface area contributed by atoms with E-state index in [9.17, 15) is 4.79 Å². The van der Waals surface area contributed by atoms with Crippen molar-refractivity contribution in [2.45, 2.75) is 33.2 Å². The Balaban J connectivity index is 2.21. The van der Waals surface area contributed by atoms with E-state index < -0.39 is 0 Å². The highest BCUT2D eigenvalue weighted by molar-refractivity contribution is 7.14. The quantitative estimate of drug-likeness (QED) is 0.825. The first-order chi connectivity index (χ1) is 9.26. The van der Waals surface area contributed by atoms with E-state index in [1.165, 1.54) is 0 Å². The molecule has 0 aliphatic carbocycles. The minimum atomic E-state index is 0.0235. The van der Waals surface area contributed by atoms with Gasteiger partial charge >= 0.3 is 0 Å². The van der Waals surface area contributed by atoms with Gasteiger partial charge in [0.1, 0.15) is 0 Å². The molecule has 0 fully saturated rings. The van der Waals surface area contributed by atoms with Crippen LogP contribution in [0.1, 0.15) is 26.7 Å². The van der Waals surface area contributed by atoms with Crippen LogP contribution in [0.2, 0.25) is 0 Å². The third kappa shape index (κ3) is 3.23. The average molecular weight is 277 g/mol. The van der Waals surface area contributed by atoms with Crippen molar-refractivity contribution in [1.82, 2.24) is 9.55 Å². The monoisotopic (exact) mass is 277 g/mol. The minimum absolute atomic E-state index is 0.0235. The van der Waals surface area contributed by atoms with Crippen LogP contribution in [0, 0.1) is 0 Å². The highest BCUT2D eigenvalue weighted by Crippen LogP contribution is 2.22. The van der Waals surface area contributed by atoms with E-state index in [1.807, 2.05) is 24.4 Å². The van der Waals surface area contributed by atoms with Crippen LogP contribution in [0.3, 0.4) is 0 Å². The zero-order valence-electron chi connectivity index (χ0n) is 11.3. The second-order valence-electron chi connectivity index (χ2n) is 4.33. The van der Waals surface area contributed by atoms with Crippen molar-refractivity contribution in [3.05, 3.63) is 34.1 Å². The van der Waals surface area contributed by atoms with E-state index >= 15 is 0 Å². The summed E-state index contributed by atoms with van der Waals surface area (Å²) in [5.41, 5.74) is 1.45. The van der Waals surface area contributed by atoms with Gasteiger partial charge in [-0.25, -0.2) is 4.98 Å². The van der Waals surface area contributed by atoms with Crippen molar-refractivity contribution in [3.63, 3.8) is 0 Å². The molecule has 2 aromatic heterocycles. The van der Waals surface area contributed by atoms with Crippen molar-refractivity contribution < 1.29 is 0 Å². The first-order valence-electron chi connectivity index (χ1n) is 6.65. The number of aryl methyl sites for hydroxylation is 1. The highest BCUT2D eigenvalue weighted by Gasteiger charge is 2.09. The van der Waals surface area contributed by atoms with Crippen molar-refractivity contribution in [2.24, 2.45) is 0 Å². The molecular formula is C14H19N3OS. The molecule has 0 atom stereocenters. The van der Waals surface area contributed by atoms with Crippen LogP contribution in [-0.2, 0) is 6.54 Å². The fourth-order valence-corrected chi connectivity index (χ4v) is 2.57. The molecule has 0 spiro atoms. The number of nitrogens with zero attached hydrogens (tertiary/aromatic N) is 2. The molecule has 2 rings (SSSR count). The molecule has 1 N–H and O–H groups in total. The number of anilines is 1. The van der Waals surface area contributed by atoms with Gasteiger partial charge in [0.25, 0.3) is 5.56 Å². The molecule has 0 unspecified atom stereocenters. The van der Waals surface area contributed by atoms with Gasteiger partial charge in [-0.1, -0.05) is 13.3 Å². The summed E-state index contributed by atoms with van der Waals surface area (Å²) in [6.07, 6.45) is 4.09. The summed E-state index contributed by atoms with van der Waals surface area (Å²) in [5.74, 6) is 0. The second kappa shape index (κ2) is 6.52. The van der Waals surface area contributed by atoms with Gasteiger partial charge in [-0.2, -0.15) is 0 Å². The zero-order chi connectivity index (χ0) is 13.7. The van der Waals surface area contributed by atoms with Crippen LogP contribution in [0.15, 0.2) is 28.5 Å². The number of aromatic nitrogens is 2. The number of thiazole rings is 1. The summed E-state index contributed by atoms with van der Waals surface area (Å²) in [7, 11) is 0. The van der Waals surface area contributed by atoms with Gasteiger partial charge in [-0.05, 0) is 25.5 Å². The number of pyridine rings is 1. The fourth-order valence-electron chi connectivity index (χ4n) is 1.83. The Morgan fingerprint density at radius 2 is 2.26 bits per heavy atom. The maximum absolute atomic E-state index is 12.2. The molecule has 0 radical (unpaired) electrons. The molecule has 4 nitrogen and oxygen atoms in total. The summed E-state index contributed by atoms with van der Waals surface area (Å²) in [4.78, 5) is 16.7. The van der Waals surface area contributed by atoms with E-state index in [0.29, 0.717) is 12.1 Å². The second-order valence-corrected chi connectivity index (χ2v) is 5.19. The first-order valence-corrected chi connectivity index (χ1v) is 7.53. The Hall–Kier alpha value is -1.62. The molecule has 0 saturated carbocycles. The van der Waals surface area contributed by atoms with Crippen LogP contribution in [0.5, 0.6) is 0 Å². The van der Waals surface area contributed by atoms with E-state index in [0.717, 1.165) is 30.2 Å². The summed E-state index contributed by atoms with van der Waals surface area (Å²) >= 11 is 1.55. The zero-order valence-corrected chi connectivity index (χ0v) is 12.2. The molecular weight excluding hydrogens is 258 g/mol. The standard InChI is InChI=1S/C14H19N3OS/c1-3-5-8-15-14-16-12(10-19-14)11-7-6-9-17(4-2)13(11)18/h6-7,9-10H,3-5,8H2,1-2H3,(H,15,16). The molecule has 0 aromatic carbocycles. The first kappa shape index (κ1) is 13.8. The largest absolute Gasteiger partial charge is 0.362 e. The van der Waals surface area contributed by atoms with Crippen LogP contribution in [-0.4, -0.2) is 16.1 Å². The summed E-state index contributed by atoms with van der Waals surface area (Å²) in [5, 5.41) is 6.10. The Morgan fingerprint density at radius 3 is 3.00 bits per heavy atom. The van der Waals surface area contributed by atoms with Crippen molar-refractivity contribution >= 4 is 16.5 Å². The lowest BCUT2D eigenvalue weighted by Gasteiger charge is -2.03. The highest BCUT2D eigenvalue weighted by atomic mass is 32.1. The molecule has 2 heterocycles. The predicted molar refractivity (Wildman–Crippen MR) is 80.9 cm³/mol. The molecule has 2 aromatic rings. The minimum Gasteiger partial charge on any atom is -0.362 e. The third-order valence-electron chi connectivity index (χ3n) is 2.95. The van der Waals surface area contributed by atoms with Crippen LogP contribution in [0.4, 0.5) is 5.13 Å². The Labute approximate surface area is 117 Å². The number of hydrogen-bond acceptors (Lipinski definition) is 4. The van der Waals surface area contributed by atoms with Crippen LogP contribution < -0.4 is 10.9 Å². The van der Waals surface area contributed by atoms with Gasteiger partial charge in [0.2, 0.25) is 0 Å². The Kier molecular flexibility index (Phi) is 4.74. The van der Waals surface area contributed by atoms with Gasteiger partial charge in [0.15, 0.2) is 5.13 Å². The topological polar surface area (TPSA) is 46.9 Å². The maximum atomic E-state index is 12.2. The van der Waals surface area contributed by atoms with Crippen molar-refractivity contribution in [3.8, 4) is 11.3 Å². The lowest BCUT2D eigenvalue weighted by Crippen LogP contribution is -2.19. The summed E-state index contributed by atoms with van der Waals surface area (Å²) < 4.78 is 1.69. The van der Waals surface area contributed by atoms with Gasteiger partial charge in [0.05, 0.1) is 11.3 Å². The fraction of sp³-hybridized carbons (Fsp3) is 0.429. The average Bonchev–Trinajstić information content (AvgIpc) is 2.88. The van der Waals surface area contributed by atoms with Gasteiger partial charge in [-0.15, -0.1) is 11.3 Å². The molecule has 0 saturated heterocycles. The van der Waals surface area contributed by atoms with Crippen molar-refractivity contribution in [1.29, 1.82) is 0 Å². The smallest absolute Gasteiger partial charge is 0.260 e. The number of nitrogens with one attached hydrogen (secondary N) is 1. The molecule has 0 amide bonds. The van der Waals surface area contributed by atoms with E-state index in [2.05, 4.69) is 17.2 Å². The Bertz CT molecular complexity index is 588. The molecule has 19 heavy (non-hydrogen) atoms. The molecule has 102 valence electrons. The third-order valence-corrected chi connectivity index (χ3v) is 3.75. The normalized spacial score (nSPS) is 10.6. The molecule has 5 heteroatoms. The maximum Gasteiger partial charge on any atom is 0.260 e. The van der Waals surface area contributed by atoms with Gasteiger partial charge < -0.3 is 9.88 Å². The van der Waals surface area contributed by atoms with E-state index in [1.54, 1.807) is 22.1 Å². The van der Waals surface area contributed by atoms with E-state index in [-0.39, 0.29) is 5.56 Å². The molecule has 0 aliphatic rings. The van der Waals surface area contributed by atoms with Crippen LogP contribution >= 0.6 is 11.3 Å². The van der Waals surface area contributed by atoms with Crippen LogP contribution in [0.25, 0.3) is 11.3 Å². The lowest BCUT2D eigenvalue weighted by molar-refractivity contribution is 0.728. The Morgan fingerprint density at radius 1 is 1.42 bits per heavy atom. The number of rotatable bonds is 6. The summed E-state index contributed by atoms with van der Waals surface area (Å²) in [6, 6.07) is 3.73. The van der Waals surface area contributed by atoms with Gasteiger partial charge in [0, 0.05) is 24.7 Å². The molecule has 0 aliphatic heterocycles. The number of unbranched alkanes of at least 4 members (excludes halogenated alkanes) is 1. The summed E-state index contributed by atoms with van der Waals surface area (Å²) in [6.45, 7) is 5.73.